The Morgan fingerprint density at radius 2 is 2.00 bits per heavy atom. The molecule has 0 saturated carbocycles. The Morgan fingerprint density at radius 1 is 1.31 bits per heavy atom. The third kappa shape index (κ3) is 2.29. The molecule has 2 heterocycles. The zero-order valence-electron chi connectivity index (χ0n) is 9.31. The van der Waals surface area contributed by atoms with E-state index in [4.69, 9.17) is 5.11 Å². The van der Waals surface area contributed by atoms with Crippen LogP contribution in [0.4, 0.5) is 5.82 Å². The monoisotopic (exact) mass is 221 g/mol. The van der Waals surface area contributed by atoms with Crippen LogP contribution >= 0.6 is 0 Å². The zero-order valence-corrected chi connectivity index (χ0v) is 9.31. The molecule has 0 bridgehead atoms. The van der Waals surface area contributed by atoms with Gasteiger partial charge in [-0.1, -0.05) is 0 Å². The van der Waals surface area contributed by atoms with Gasteiger partial charge in [-0.2, -0.15) is 0 Å². The first-order valence-electron chi connectivity index (χ1n) is 5.51. The Kier molecular flexibility index (Phi) is 3.03. The predicted molar refractivity (Wildman–Crippen MR) is 59.8 cm³/mol. The van der Waals surface area contributed by atoms with Gasteiger partial charge >= 0.3 is 5.97 Å². The number of aromatic carboxylic acids is 1. The van der Waals surface area contributed by atoms with Crippen LogP contribution in [0.2, 0.25) is 0 Å². The van der Waals surface area contributed by atoms with Crippen molar-refractivity contribution in [3.05, 3.63) is 17.6 Å². The molecule has 1 aromatic rings. The minimum absolute atomic E-state index is 0.0769. The second-order valence-electron chi connectivity index (χ2n) is 4.01. The molecule has 0 radical (unpaired) electrons. The number of carboxylic acid groups (broad SMARTS) is 1. The number of hydrogen-bond acceptors (Lipinski definition) is 4. The fourth-order valence-electron chi connectivity index (χ4n) is 1.95. The molecule has 0 aromatic carbocycles. The van der Waals surface area contributed by atoms with E-state index in [0.717, 1.165) is 31.7 Å². The third-order valence-electron chi connectivity index (χ3n) is 2.72. The molecule has 16 heavy (non-hydrogen) atoms. The van der Waals surface area contributed by atoms with Crippen LogP contribution in [-0.2, 0) is 0 Å². The minimum Gasteiger partial charge on any atom is -0.477 e. The molecule has 0 spiro atoms. The molecule has 5 nitrogen and oxygen atoms in total. The predicted octanol–water partition coefficient (Wildman–Crippen LogP) is 1.47. The highest BCUT2D eigenvalue weighted by Crippen LogP contribution is 2.18. The molecule has 0 unspecified atom stereocenters. The van der Waals surface area contributed by atoms with Crippen molar-refractivity contribution in [3.8, 4) is 0 Å². The molecule has 1 saturated heterocycles. The Morgan fingerprint density at radius 3 is 2.62 bits per heavy atom. The molecule has 0 atom stereocenters. The van der Waals surface area contributed by atoms with Crippen LogP contribution in [0.1, 0.15) is 35.6 Å². The Balaban J connectivity index is 2.28. The highest BCUT2D eigenvalue weighted by molar-refractivity contribution is 5.86. The van der Waals surface area contributed by atoms with Crippen LogP contribution in [0.15, 0.2) is 6.07 Å². The number of nitrogens with zero attached hydrogens (tertiary/aromatic N) is 3. The van der Waals surface area contributed by atoms with Gasteiger partial charge < -0.3 is 10.0 Å². The summed E-state index contributed by atoms with van der Waals surface area (Å²) in [7, 11) is 0. The molecular weight excluding hydrogens is 206 g/mol. The van der Waals surface area contributed by atoms with Gasteiger partial charge in [0.25, 0.3) is 0 Å². The number of carboxylic acids is 1. The maximum atomic E-state index is 10.9. The van der Waals surface area contributed by atoms with Gasteiger partial charge in [0.1, 0.15) is 11.6 Å². The van der Waals surface area contributed by atoms with Crippen molar-refractivity contribution in [2.75, 3.05) is 18.0 Å². The van der Waals surface area contributed by atoms with Crippen LogP contribution in [0.3, 0.4) is 0 Å². The number of hydrogen-bond donors (Lipinski definition) is 1. The van der Waals surface area contributed by atoms with Crippen molar-refractivity contribution in [2.45, 2.75) is 26.2 Å². The highest BCUT2D eigenvalue weighted by Gasteiger charge is 2.15. The van der Waals surface area contributed by atoms with Gasteiger partial charge in [0.15, 0.2) is 5.69 Å². The van der Waals surface area contributed by atoms with Crippen LogP contribution in [0.5, 0.6) is 0 Å². The van der Waals surface area contributed by atoms with E-state index in [1.807, 2.05) is 0 Å². The summed E-state index contributed by atoms with van der Waals surface area (Å²) in [5.41, 5.74) is 0.0769. The van der Waals surface area contributed by atoms with Gasteiger partial charge in [-0.25, -0.2) is 14.8 Å². The first kappa shape index (κ1) is 10.9. The molecule has 0 aliphatic carbocycles. The summed E-state index contributed by atoms with van der Waals surface area (Å²) < 4.78 is 0. The van der Waals surface area contributed by atoms with E-state index in [2.05, 4.69) is 14.9 Å². The van der Waals surface area contributed by atoms with E-state index in [0.29, 0.717) is 5.82 Å². The maximum absolute atomic E-state index is 10.9. The Bertz CT molecular complexity index is 400. The van der Waals surface area contributed by atoms with Gasteiger partial charge in [-0.3, -0.25) is 0 Å². The molecule has 1 fully saturated rings. The second kappa shape index (κ2) is 4.47. The summed E-state index contributed by atoms with van der Waals surface area (Å²) in [6.45, 7) is 3.63. The van der Waals surface area contributed by atoms with Gasteiger partial charge in [0.2, 0.25) is 0 Å². The SMILES string of the molecule is Cc1nc(C(=O)O)cc(N2CCCCC2)n1. The minimum atomic E-state index is -0.997. The summed E-state index contributed by atoms with van der Waals surface area (Å²) >= 11 is 0. The average molecular weight is 221 g/mol. The van der Waals surface area contributed by atoms with E-state index in [9.17, 15) is 4.79 Å². The van der Waals surface area contributed by atoms with Crippen molar-refractivity contribution in [1.82, 2.24) is 9.97 Å². The van der Waals surface area contributed by atoms with Crippen molar-refractivity contribution in [1.29, 1.82) is 0 Å². The van der Waals surface area contributed by atoms with Gasteiger partial charge in [0.05, 0.1) is 0 Å². The van der Waals surface area contributed by atoms with Gasteiger partial charge in [-0.05, 0) is 26.2 Å². The molecule has 1 aliphatic rings. The number of piperidine rings is 1. The first-order chi connectivity index (χ1) is 7.66. The lowest BCUT2D eigenvalue weighted by Gasteiger charge is -2.27. The van der Waals surface area contributed by atoms with E-state index in [-0.39, 0.29) is 5.69 Å². The number of aromatic nitrogens is 2. The maximum Gasteiger partial charge on any atom is 0.354 e. The van der Waals surface area contributed by atoms with Crippen molar-refractivity contribution in [3.63, 3.8) is 0 Å². The summed E-state index contributed by atoms with van der Waals surface area (Å²) in [4.78, 5) is 21.2. The van der Waals surface area contributed by atoms with Crippen LogP contribution in [0.25, 0.3) is 0 Å². The number of anilines is 1. The number of carbonyl (C=O) groups is 1. The molecule has 5 heteroatoms. The summed E-state index contributed by atoms with van der Waals surface area (Å²) in [5.74, 6) is 0.258. The lowest BCUT2D eigenvalue weighted by molar-refractivity contribution is 0.0690. The molecule has 2 rings (SSSR count). The molecule has 1 aromatic heterocycles. The lowest BCUT2D eigenvalue weighted by Crippen LogP contribution is -2.30. The van der Waals surface area contributed by atoms with E-state index >= 15 is 0 Å². The van der Waals surface area contributed by atoms with E-state index in [1.54, 1.807) is 13.0 Å². The molecule has 0 amide bonds. The van der Waals surface area contributed by atoms with Crippen LogP contribution < -0.4 is 4.90 Å². The second-order valence-corrected chi connectivity index (χ2v) is 4.01. The molecular formula is C11H15N3O2. The quantitative estimate of drug-likeness (QED) is 0.819. The smallest absolute Gasteiger partial charge is 0.354 e. The van der Waals surface area contributed by atoms with E-state index in [1.165, 1.54) is 6.42 Å². The lowest BCUT2D eigenvalue weighted by atomic mass is 10.1. The van der Waals surface area contributed by atoms with Crippen molar-refractivity contribution in [2.24, 2.45) is 0 Å². The van der Waals surface area contributed by atoms with Crippen molar-refractivity contribution < 1.29 is 9.90 Å². The normalized spacial score (nSPS) is 16.2. The fourth-order valence-corrected chi connectivity index (χ4v) is 1.95. The number of aryl methyl sites for hydroxylation is 1. The summed E-state index contributed by atoms with van der Waals surface area (Å²) in [5, 5.41) is 8.92. The Hall–Kier alpha value is -1.65. The average Bonchev–Trinajstić information content (AvgIpc) is 2.29. The Labute approximate surface area is 94.1 Å². The first-order valence-corrected chi connectivity index (χ1v) is 5.51. The topological polar surface area (TPSA) is 66.3 Å². The van der Waals surface area contributed by atoms with Gasteiger partial charge in [-0.15, -0.1) is 0 Å². The summed E-state index contributed by atoms with van der Waals surface area (Å²) in [6, 6.07) is 1.56. The number of rotatable bonds is 2. The molecule has 86 valence electrons. The third-order valence-corrected chi connectivity index (χ3v) is 2.72. The molecule has 1 N–H and O–H groups in total. The highest BCUT2D eigenvalue weighted by atomic mass is 16.4. The summed E-state index contributed by atoms with van der Waals surface area (Å²) in [6.07, 6.45) is 3.53. The van der Waals surface area contributed by atoms with Crippen molar-refractivity contribution >= 4 is 11.8 Å². The van der Waals surface area contributed by atoms with Crippen LogP contribution in [-0.4, -0.2) is 34.1 Å². The largest absolute Gasteiger partial charge is 0.477 e. The van der Waals surface area contributed by atoms with Crippen LogP contribution in [0, 0.1) is 6.92 Å². The zero-order chi connectivity index (χ0) is 11.5. The molecule has 1 aliphatic heterocycles. The van der Waals surface area contributed by atoms with Gasteiger partial charge in [0, 0.05) is 19.2 Å². The standard InChI is InChI=1S/C11H15N3O2/c1-8-12-9(11(15)16)7-10(13-8)14-5-3-2-4-6-14/h7H,2-6H2,1H3,(H,15,16). The van der Waals surface area contributed by atoms with E-state index < -0.39 is 5.97 Å². The fraction of sp³-hybridized carbons (Fsp3) is 0.545.